The van der Waals surface area contributed by atoms with Gasteiger partial charge in [-0.05, 0) is 44.6 Å². The summed E-state index contributed by atoms with van der Waals surface area (Å²) in [5, 5.41) is 3.51. The maximum Gasteiger partial charge on any atom is 0.142 e. The second-order valence-electron chi connectivity index (χ2n) is 8.12. The van der Waals surface area contributed by atoms with Crippen LogP contribution in [0, 0.1) is 5.41 Å². The lowest BCUT2D eigenvalue weighted by Crippen LogP contribution is -2.50. The van der Waals surface area contributed by atoms with E-state index < -0.39 is 0 Å². The lowest BCUT2D eigenvalue weighted by atomic mass is 9.89. The number of piperazine rings is 1. The predicted octanol–water partition coefficient (Wildman–Crippen LogP) is 2.17. The molecule has 0 radical (unpaired) electrons. The van der Waals surface area contributed by atoms with Crippen LogP contribution in [0.1, 0.15) is 13.3 Å². The van der Waals surface area contributed by atoms with Gasteiger partial charge in [0.15, 0.2) is 0 Å². The van der Waals surface area contributed by atoms with E-state index in [2.05, 4.69) is 65.3 Å². The van der Waals surface area contributed by atoms with Crippen LogP contribution in [0.2, 0.25) is 0 Å². The van der Waals surface area contributed by atoms with Gasteiger partial charge in [-0.3, -0.25) is 4.90 Å². The molecule has 0 bridgehead atoms. The van der Waals surface area contributed by atoms with Crippen molar-refractivity contribution in [2.24, 2.45) is 5.41 Å². The highest BCUT2D eigenvalue weighted by Crippen LogP contribution is 2.30. The molecule has 5 nitrogen and oxygen atoms in total. The summed E-state index contributed by atoms with van der Waals surface area (Å²) in [6.07, 6.45) is 1.30. The lowest BCUT2D eigenvalue weighted by Gasteiger charge is -2.40. The molecular weight excluding hydrogens is 348 g/mol. The van der Waals surface area contributed by atoms with Crippen LogP contribution in [0.4, 0.5) is 5.69 Å². The van der Waals surface area contributed by atoms with Gasteiger partial charge in [-0.15, -0.1) is 12.4 Å². The topological polar surface area (TPSA) is 31.0 Å². The quantitative estimate of drug-likeness (QED) is 0.781. The molecule has 2 aliphatic heterocycles. The Labute approximate surface area is 165 Å². The standard InChI is InChI=1S/C20H34N4O.ClH/c1-20(8-9-21-16-20)17-23-10-12-24(13-11-23)18-6-4-5-7-19(18)25-15-14-22(2)3;/h4-7,21H,8-17H2,1-3H3;1H. The first-order valence-corrected chi connectivity index (χ1v) is 9.60. The van der Waals surface area contributed by atoms with Gasteiger partial charge in [0.05, 0.1) is 5.69 Å². The number of rotatable bonds is 7. The zero-order chi connectivity index (χ0) is 17.7. The second kappa shape index (κ2) is 9.79. The number of para-hydroxylation sites is 2. The fraction of sp³-hybridized carbons (Fsp3) is 0.700. The summed E-state index contributed by atoms with van der Waals surface area (Å²) in [6.45, 7) is 12.1. The largest absolute Gasteiger partial charge is 0.490 e. The van der Waals surface area contributed by atoms with E-state index in [9.17, 15) is 0 Å². The molecule has 148 valence electrons. The van der Waals surface area contributed by atoms with Crippen molar-refractivity contribution in [3.05, 3.63) is 24.3 Å². The number of benzene rings is 1. The Morgan fingerprint density at radius 3 is 2.54 bits per heavy atom. The lowest BCUT2D eigenvalue weighted by molar-refractivity contribution is 0.169. The number of nitrogens with zero attached hydrogens (tertiary/aromatic N) is 3. The third-order valence-electron chi connectivity index (χ3n) is 5.44. The van der Waals surface area contributed by atoms with E-state index in [1.165, 1.54) is 25.2 Å². The van der Waals surface area contributed by atoms with Crippen molar-refractivity contribution in [1.82, 2.24) is 15.1 Å². The predicted molar refractivity (Wildman–Crippen MR) is 112 cm³/mol. The van der Waals surface area contributed by atoms with Crippen LogP contribution >= 0.6 is 12.4 Å². The fourth-order valence-electron chi connectivity index (χ4n) is 3.87. The summed E-state index contributed by atoms with van der Waals surface area (Å²) in [6, 6.07) is 8.48. The number of hydrogen-bond acceptors (Lipinski definition) is 5. The zero-order valence-electron chi connectivity index (χ0n) is 16.5. The average Bonchev–Trinajstić information content (AvgIpc) is 3.02. The van der Waals surface area contributed by atoms with Crippen LogP contribution in [0.5, 0.6) is 5.75 Å². The number of likely N-dealkylation sites (N-methyl/N-ethyl adjacent to an activating group) is 1. The van der Waals surface area contributed by atoms with Crippen LogP contribution in [-0.4, -0.2) is 82.9 Å². The van der Waals surface area contributed by atoms with Crippen molar-refractivity contribution in [2.75, 3.05) is 78.0 Å². The van der Waals surface area contributed by atoms with Crippen LogP contribution in [0.3, 0.4) is 0 Å². The van der Waals surface area contributed by atoms with E-state index >= 15 is 0 Å². The summed E-state index contributed by atoms with van der Waals surface area (Å²) in [5.74, 6) is 1.02. The van der Waals surface area contributed by atoms with Gasteiger partial charge in [-0.1, -0.05) is 19.1 Å². The number of hydrogen-bond donors (Lipinski definition) is 1. The molecule has 1 N–H and O–H groups in total. The van der Waals surface area contributed by atoms with E-state index in [1.54, 1.807) is 0 Å². The van der Waals surface area contributed by atoms with Crippen molar-refractivity contribution < 1.29 is 4.74 Å². The average molecular weight is 383 g/mol. The van der Waals surface area contributed by atoms with Gasteiger partial charge < -0.3 is 19.9 Å². The maximum atomic E-state index is 6.05. The molecule has 2 aliphatic rings. The smallest absolute Gasteiger partial charge is 0.142 e. The Morgan fingerprint density at radius 2 is 1.88 bits per heavy atom. The molecule has 2 fully saturated rings. The molecule has 0 spiro atoms. The molecule has 2 saturated heterocycles. The number of halogens is 1. The summed E-state index contributed by atoms with van der Waals surface area (Å²) in [7, 11) is 4.16. The van der Waals surface area contributed by atoms with E-state index in [0.29, 0.717) is 5.41 Å². The first kappa shape index (κ1) is 21.3. The van der Waals surface area contributed by atoms with Crippen molar-refractivity contribution in [2.45, 2.75) is 13.3 Å². The molecule has 0 aromatic heterocycles. The monoisotopic (exact) mass is 382 g/mol. The van der Waals surface area contributed by atoms with Crippen LogP contribution < -0.4 is 15.0 Å². The normalized spacial score (nSPS) is 23.9. The van der Waals surface area contributed by atoms with Crippen molar-refractivity contribution in [3.8, 4) is 5.75 Å². The molecule has 6 heteroatoms. The Balaban J connectivity index is 0.00000243. The highest BCUT2D eigenvalue weighted by Gasteiger charge is 2.32. The van der Waals surface area contributed by atoms with Gasteiger partial charge in [-0.25, -0.2) is 0 Å². The number of anilines is 1. The molecule has 26 heavy (non-hydrogen) atoms. The summed E-state index contributed by atoms with van der Waals surface area (Å²) >= 11 is 0. The summed E-state index contributed by atoms with van der Waals surface area (Å²) < 4.78 is 6.05. The Hall–Kier alpha value is -1.01. The number of nitrogens with one attached hydrogen (secondary N) is 1. The van der Waals surface area contributed by atoms with Gasteiger partial charge in [0.25, 0.3) is 0 Å². The highest BCUT2D eigenvalue weighted by molar-refractivity contribution is 5.85. The Kier molecular flexibility index (Phi) is 8.02. The van der Waals surface area contributed by atoms with Gasteiger partial charge in [-0.2, -0.15) is 0 Å². The van der Waals surface area contributed by atoms with E-state index in [-0.39, 0.29) is 12.4 Å². The van der Waals surface area contributed by atoms with Crippen molar-refractivity contribution in [1.29, 1.82) is 0 Å². The van der Waals surface area contributed by atoms with Gasteiger partial charge in [0.2, 0.25) is 0 Å². The molecule has 3 rings (SSSR count). The zero-order valence-corrected chi connectivity index (χ0v) is 17.4. The van der Waals surface area contributed by atoms with E-state index in [1.807, 2.05) is 0 Å². The third kappa shape index (κ3) is 5.74. The van der Waals surface area contributed by atoms with Gasteiger partial charge in [0.1, 0.15) is 12.4 Å². The minimum Gasteiger partial charge on any atom is -0.490 e. The van der Waals surface area contributed by atoms with Crippen LogP contribution in [-0.2, 0) is 0 Å². The molecule has 1 unspecified atom stereocenters. The third-order valence-corrected chi connectivity index (χ3v) is 5.44. The molecule has 1 aromatic rings. The summed E-state index contributed by atoms with van der Waals surface area (Å²) in [5.41, 5.74) is 1.70. The minimum atomic E-state index is 0. The van der Waals surface area contributed by atoms with Crippen molar-refractivity contribution in [3.63, 3.8) is 0 Å². The van der Waals surface area contributed by atoms with Gasteiger partial charge >= 0.3 is 0 Å². The maximum absolute atomic E-state index is 6.05. The second-order valence-corrected chi connectivity index (χ2v) is 8.12. The molecule has 1 aromatic carbocycles. The van der Waals surface area contributed by atoms with Crippen molar-refractivity contribution >= 4 is 18.1 Å². The molecule has 0 saturated carbocycles. The van der Waals surface area contributed by atoms with E-state index in [0.717, 1.165) is 51.6 Å². The molecule has 0 amide bonds. The molecule has 2 heterocycles. The fourth-order valence-corrected chi connectivity index (χ4v) is 3.87. The van der Waals surface area contributed by atoms with Gasteiger partial charge in [0, 0.05) is 45.8 Å². The van der Waals surface area contributed by atoms with Crippen LogP contribution in [0.25, 0.3) is 0 Å². The molecular formula is C20H35ClN4O. The first-order chi connectivity index (χ1) is 12.1. The number of ether oxygens (including phenoxy) is 1. The van der Waals surface area contributed by atoms with E-state index in [4.69, 9.17) is 4.74 Å². The SMILES string of the molecule is CN(C)CCOc1ccccc1N1CCN(CC2(C)CCNC2)CC1.Cl. The van der Waals surface area contributed by atoms with Crippen LogP contribution in [0.15, 0.2) is 24.3 Å². The highest BCUT2D eigenvalue weighted by atomic mass is 35.5. The Bertz CT molecular complexity index is 540. The first-order valence-electron chi connectivity index (χ1n) is 9.60. The summed E-state index contributed by atoms with van der Waals surface area (Å²) in [4.78, 5) is 7.27. The molecule has 0 aliphatic carbocycles. The molecule has 1 atom stereocenters. The Morgan fingerprint density at radius 1 is 1.15 bits per heavy atom. The minimum absolute atomic E-state index is 0.